The summed E-state index contributed by atoms with van der Waals surface area (Å²) in [4.78, 5) is 27.2. The van der Waals surface area contributed by atoms with Gasteiger partial charge in [0.2, 0.25) is 10.0 Å². The number of esters is 1. The second kappa shape index (κ2) is 10.8. The number of aromatic nitrogens is 1. The number of halogens is 3. The van der Waals surface area contributed by atoms with Crippen LogP contribution in [0.2, 0.25) is 0 Å². The molecule has 2 N–H and O–H groups in total. The van der Waals surface area contributed by atoms with Crippen LogP contribution in [-0.4, -0.2) is 44.2 Å². The molecule has 1 aromatic carbocycles. The minimum Gasteiger partial charge on any atom is -0.462 e. The summed E-state index contributed by atoms with van der Waals surface area (Å²) in [7, 11) is -4.02. The maximum atomic E-state index is 13.4. The third-order valence-electron chi connectivity index (χ3n) is 4.09. The number of carbonyl (C=O) groups excluding carboxylic acids is 2. The molecule has 0 atom stereocenters. The second-order valence-electron chi connectivity index (χ2n) is 6.54. The highest BCUT2D eigenvalue weighted by molar-refractivity contribution is 7.90. The smallest absolute Gasteiger partial charge is 0.434 e. The Labute approximate surface area is 187 Å². The van der Waals surface area contributed by atoms with Crippen LogP contribution in [0.5, 0.6) is 0 Å². The lowest BCUT2D eigenvalue weighted by Crippen LogP contribution is -2.37. The number of nitrogens with one attached hydrogen (secondary N) is 2. The van der Waals surface area contributed by atoms with E-state index < -0.39 is 63.0 Å². The summed E-state index contributed by atoms with van der Waals surface area (Å²) < 4.78 is 70.6. The number of aryl methyl sites for hydroxylation is 1. The largest absolute Gasteiger partial charge is 0.462 e. The molecule has 9 nitrogen and oxygen atoms in total. The van der Waals surface area contributed by atoms with Gasteiger partial charge in [0.15, 0.2) is 5.69 Å². The van der Waals surface area contributed by atoms with Crippen LogP contribution < -0.4 is 10.0 Å². The topological polar surface area (TPSA) is 138 Å². The maximum absolute atomic E-state index is 13.4. The molecule has 2 rings (SSSR count). The van der Waals surface area contributed by atoms with E-state index in [4.69, 9.17) is 0 Å². The van der Waals surface area contributed by atoms with Gasteiger partial charge in [-0.05, 0) is 25.0 Å². The molecule has 0 aliphatic heterocycles. The number of nitrogens with zero attached hydrogens (tertiary/aromatic N) is 2. The summed E-state index contributed by atoms with van der Waals surface area (Å²) in [6.45, 7) is 0.408. The third-order valence-corrected chi connectivity index (χ3v) is 5.38. The number of anilines is 1. The second-order valence-corrected chi connectivity index (χ2v) is 8.39. The van der Waals surface area contributed by atoms with Crippen molar-refractivity contribution in [1.82, 2.24) is 9.71 Å². The third kappa shape index (κ3) is 7.46. The Balaban J connectivity index is 2.13. The molecule has 33 heavy (non-hydrogen) atoms. The number of amides is 1. The number of ether oxygens (including phenoxy) is 1. The lowest BCUT2D eigenvalue weighted by molar-refractivity contribution is -0.141. The van der Waals surface area contributed by atoms with Gasteiger partial charge in [0.05, 0.1) is 30.0 Å². The maximum Gasteiger partial charge on any atom is 0.434 e. The Bertz CT molecular complexity index is 1160. The Morgan fingerprint density at radius 3 is 2.45 bits per heavy atom. The zero-order valence-electron chi connectivity index (χ0n) is 17.3. The predicted octanol–water partition coefficient (Wildman–Crippen LogP) is 2.25. The van der Waals surface area contributed by atoms with Crippen LogP contribution in [0, 0.1) is 11.3 Å². The summed E-state index contributed by atoms with van der Waals surface area (Å²) in [5, 5.41) is 11.4. The number of hydrogen-bond donors (Lipinski definition) is 2. The van der Waals surface area contributed by atoms with Crippen molar-refractivity contribution in [3.63, 3.8) is 0 Å². The molecule has 0 fully saturated rings. The molecule has 0 saturated carbocycles. The first-order chi connectivity index (χ1) is 15.5. The zero-order valence-corrected chi connectivity index (χ0v) is 18.1. The first-order valence-corrected chi connectivity index (χ1v) is 11.1. The number of carbonyl (C=O) groups is 2. The van der Waals surface area contributed by atoms with Crippen molar-refractivity contribution in [3.05, 3.63) is 58.8 Å². The molecule has 0 bridgehead atoms. The SMILES string of the molecule is CCOC(=O)c1cc(C#N)c(NCC(=O)NS(=O)(=O)CCc2ccccc2)nc1C(F)(F)F. The van der Waals surface area contributed by atoms with Gasteiger partial charge in [-0.2, -0.15) is 18.4 Å². The molecular weight excluding hydrogens is 465 g/mol. The molecule has 2 aromatic rings. The van der Waals surface area contributed by atoms with Gasteiger partial charge in [-0.15, -0.1) is 0 Å². The van der Waals surface area contributed by atoms with E-state index in [1.807, 2.05) is 0 Å². The van der Waals surface area contributed by atoms with Crippen LogP contribution in [0.3, 0.4) is 0 Å². The molecule has 1 heterocycles. The fourth-order valence-electron chi connectivity index (χ4n) is 2.64. The molecule has 0 spiro atoms. The van der Waals surface area contributed by atoms with E-state index in [2.05, 4.69) is 15.0 Å². The lowest BCUT2D eigenvalue weighted by atomic mass is 10.1. The normalized spacial score (nSPS) is 11.4. The van der Waals surface area contributed by atoms with Crippen molar-refractivity contribution in [2.45, 2.75) is 19.5 Å². The number of nitriles is 1. The summed E-state index contributed by atoms with van der Waals surface area (Å²) in [5.41, 5.74) is -2.30. The van der Waals surface area contributed by atoms with Gasteiger partial charge >= 0.3 is 12.1 Å². The fourth-order valence-corrected chi connectivity index (χ4v) is 3.66. The van der Waals surface area contributed by atoms with Crippen molar-refractivity contribution < 1.29 is 35.9 Å². The van der Waals surface area contributed by atoms with E-state index in [0.717, 1.165) is 5.56 Å². The molecule has 0 aliphatic carbocycles. The van der Waals surface area contributed by atoms with Gasteiger partial charge in [0, 0.05) is 0 Å². The highest BCUT2D eigenvalue weighted by Gasteiger charge is 2.39. The Hall–Kier alpha value is -3.66. The van der Waals surface area contributed by atoms with Crippen LogP contribution >= 0.6 is 0 Å². The molecule has 1 aromatic heterocycles. The Kier molecular flexibility index (Phi) is 8.36. The monoisotopic (exact) mass is 484 g/mol. The minimum atomic E-state index is -5.06. The van der Waals surface area contributed by atoms with Crippen LogP contribution in [0.15, 0.2) is 36.4 Å². The van der Waals surface area contributed by atoms with Gasteiger partial charge < -0.3 is 10.1 Å². The fraction of sp³-hybridized carbons (Fsp3) is 0.300. The summed E-state index contributed by atoms with van der Waals surface area (Å²) in [6, 6.07) is 10.9. The Morgan fingerprint density at radius 2 is 1.88 bits per heavy atom. The number of alkyl halides is 3. The summed E-state index contributed by atoms with van der Waals surface area (Å²) in [6.07, 6.45) is -4.92. The zero-order chi connectivity index (χ0) is 24.6. The van der Waals surface area contributed by atoms with Crippen LogP contribution in [0.1, 0.15) is 34.1 Å². The lowest BCUT2D eigenvalue weighted by Gasteiger charge is -2.15. The Morgan fingerprint density at radius 1 is 1.21 bits per heavy atom. The van der Waals surface area contributed by atoms with Crippen molar-refractivity contribution in [2.75, 3.05) is 24.2 Å². The van der Waals surface area contributed by atoms with Gasteiger partial charge in [-0.3, -0.25) is 9.52 Å². The standard InChI is InChI=1S/C20H19F3N4O5S/c1-2-32-19(29)15-10-14(11-24)18(26-17(15)20(21,22)23)25-12-16(28)27-33(30,31)9-8-13-6-4-3-5-7-13/h3-7,10H,2,8-9,12H2,1H3,(H,25,26)(H,27,28). The van der Waals surface area contributed by atoms with Crippen LogP contribution in [0.4, 0.5) is 19.0 Å². The highest BCUT2D eigenvalue weighted by atomic mass is 32.2. The first kappa shape index (κ1) is 25.6. The summed E-state index contributed by atoms with van der Waals surface area (Å²) >= 11 is 0. The van der Waals surface area contributed by atoms with E-state index in [-0.39, 0.29) is 13.0 Å². The van der Waals surface area contributed by atoms with Gasteiger partial charge in [0.25, 0.3) is 5.91 Å². The minimum absolute atomic E-state index is 0.140. The van der Waals surface area contributed by atoms with Crippen LogP contribution in [-0.2, 0) is 32.2 Å². The first-order valence-electron chi connectivity index (χ1n) is 9.47. The number of rotatable bonds is 9. The van der Waals surface area contributed by atoms with Gasteiger partial charge in [-0.1, -0.05) is 30.3 Å². The number of hydrogen-bond acceptors (Lipinski definition) is 8. The van der Waals surface area contributed by atoms with Crippen molar-refractivity contribution >= 4 is 27.7 Å². The molecule has 0 aliphatic rings. The quantitative estimate of drug-likeness (QED) is 0.517. The highest BCUT2D eigenvalue weighted by Crippen LogP contribution is 2.33. The van der Waals surface area contributed by atoms with Crippen molar-refractivity contribution in [1.29, 1.82) is 5.26 Å². The van der Waals surface area contributed by atoms with E-state index in [0.29, 0.717) is 6.07 Å². The van der Waals surface area contributed by atoms with E-state index in [9.17, 15) is 36.4 Å². The number of benzene rings is 1. The van der Waals surface area contributed by atoms with Crippen molar-refractivity contribution in [3.8, 4) is 6.07 Å². The van der Waals surface area contributed by atoms with E-state index >= 15 is 0 Å². The van der Waals surface area contributed by atoms with E-state index in [1.165, 1.54) is 6.92 Å². The van der Waals surface area contributed by atoms with Crippen LogP contribution in [0.25, 0.3) is 0 Å². The molecule has 13 heteroatoms. The molecule has 0 saturated heterocycles. The average Bonchev–Trinajstić information content (AvgIpc) is 2.75. The number of pyridine rings is 1. The van der Waals surface area contributed by atoms with Gasteiger partial charge in [-0.25, -0.2) is 18.2 Å². The molecular formula is C20H19F3N4O5S. The number of sulfonamides is 1. The summed E-state index contributed by atoms with van der Waals surface area (Å²) in [5.74, 6) is -3.43. The van der Waals surface area contributed by atoms with Gasteiger partial charge in [0.1, 0.15) is 11.9 Å². The predicted molar refractivity (Wildman–Crippen MR) is 110 cm³/mol. The van der Waals surface area contributed by atoms with Crippen molar-refractivity contribution in [2.24, 2.45) is 0 Å². The molecule has 1 amide bonds. The molecule has 0 unspecified atom stereocenters. The molecule has 0 radical (unpaired) electrons. The average molecular weight is 484 g/mol. The molecule has 176 valence electrons. The van der Waals surface area contributed by atoms with E-state index in [1.54, 1.807) is 41.1 Å².